The fraction of sp³-hybridized carbons (Fsp3) is 0.591. The van der Waals surface area contributed by atoms with Crippen molar-refractivity contribution >= 4 is 17.8 Å². The van der Waals surface area contributed by atoms with E-state index >= 15 is 0 Å². The van der Waals surface area contributed by atoms with Gasteiger partial charge in [-0.2, -0.15) is 0 Å². The molecule has 8 heteroatoms. The summed E-state index contributed by atoms with van der Waals surface area (Å²) in [6.07, 6.45) is 3.33. The summed E-state index contributed by atoms with van der Waals surface area (Å²) >= 11 is 0. The average molecular weight is 415 g/mol. The van der Waals surface area contributed by atoms with Gasteiger partial charge in [0.15, 0.2) is 0 Å². The number of nitrogens with zero attached hydrogens (tertiary/aromatic N) is 2. The molecule has 162 valence electrons. The lowest BCUT2D eigenvalue weighted by atomic mass is 9.96. The van der Waals surface area contributed by atoms with Crippen molar-refractivity contribution in [3.8, 4) is 0 Å². The highest BCUT2D eigenvalue weighted by atomic mass is 16.3. The first-order valence-electron chi connectivity index (χ1n) is 10.7. The topological polar surface area (TPSA) is 102 Å². The van der Waals surface area contributed by atoms with E-state index in [1.54, 1.807) is 6.92 Å². The summed E-state index contributed by atoms with van der Waals surface area (Å²) in [5.74, 6) is -0.482. The number of benzene rings is 1. The fourth-order valence-corrected chi connectivity index (χ4v) is 4.29. The molecule has 1 atom stereocenters. The van der Waals surface area contributed by atoms with Gasteiger partial charge in [-0.1, -0.05) is 24.3 Å². The maximum atomic E-state index is 12.6. The van der Waals surface area contributed by atoms with Crippen LogP contribution in [-0.2, 0) is 22.7 Å². The zero-order valence-electron chi connectivity index (χ0n) is 17.4. The van der Waals surface area contributed by atoms with Gasteiger partial charge in [0.1, 0.15) is 12.1 Å². The first kappa shape index (κ1) is 20.8. The van der Waals surface area contributed by atoms with Crippen LogP contribution in [0.5, 0.6) is 0 Å². The highest BCUT2D eigenvalue weighted by Gasteiger charge is 2.56. The third-order valence-electron chi connectivity index (χ3n) is 6.47. The third-order valence-corrected chi connectivity index (χ3v) is 6.47. The maximum absolute atomic E-state index is 12.6. The van der Waals surface area contributed by atoms with Crippen LogP contribution >= 0.6 is 0 Å². The number of rotatable bonds is 7. The number of aliphatic hydroxyl groups is 1. The molecule has 2 aliphatic heterocycles. The number of amides is 4. The second kappa shape index (κ2) is 8.35. The van der Waals surface area contributed by atoms with Gasteiger partial charge in [-0.15, -0.1) is 0 Å². The first-order valence-corrected chi connectivity index (χ1v) is 10.7. The molecule has 4 rings (SSSR count). The van der Waals surface area contributed by atoms with Crippen LogP contribution in [0.2, 0.25) is 0 Å². The van der Waals surface area contributed by atoms with Gasteiger partial charge in [0.05, 0.1) is 6.10 Å². The van der Waals surface area contributed by atoms with Crippen LogP contribution in [0.15, 0.2) is 24.3 Å². The standard InChI is InChI=1S/C22H30N4O4/c1-22(17-6-7-17)20(29)26(21(30)24-22)14-19(28)23-12-15-2-4-16(5-3-15)13-25-10-8-18(27)9-11-25/h2-5,17-18,27H,6-14H2,1H3,(H,23,28)(H,24,30). The van der Waals surface area contributed by atoms with E-state index in [4.69, 9.17) is 0 Å². The Kier molecular flexibility index (Phi) is 5.79. The van der Waals surface area contributed by atoms with Crippen molar-refractivity contribution in [2.75, 3.05) is 19.6 Å². The molecule has 0 radical (unpaired) electrons. The smallest absolute Gasteiger partial charge is 0.325 e. The number of piperidine rings is 1. The lowest BCUT2D eigenvalue weighted by Gasteiger charge is -2.29. The quantitative estimate of drug-likeness (QED) is 0.578. The Bertz CT molecular complexity index is 815. The van der Waals surface area contributed by atoms with Crippen molar-refractivity contribution < 1.29 is 19.5 Å². The molecule has 3 aliphatic rings. The van der Waals surface area contributed by atoms with Gasteiger partial charge in [0, 0.05) is 26.2 Å². The summed E-state index contributed by atoms with van der Waals surface area (Å²) in [6.45, 7) is 4.50. The molecule has 1 aromatic carbocycles. The third kappa shape index (κ3) is 4.49. The minimum Gasteiger partial charge on any atom is -0.393 e. The highest BCUT2D eigenvalue weighted by Crippen LogP contribution is 2.42. The predicted molar refractivity (Wildman–Crippen MR) is 110 cm³/mol. The molecule has 1 aliphatic carbocycles. The number of carbonyl (C=O) groups excluding carboxylic acids is 3. The molecule has 0 spiro atoms. The number of hydrogen-bond acceptors (Lipinski definition) is 5. The molecule has 0 bridgehead atoms. The Balaban J connectivity index is 1.24. The fourth-order valence-electron chi connectivity index (χ4n) is 4.29. The van der Waals surface area contributed by atoms with Crippen LogP contribution in [0.3, 0.4) is 0 Å². The van der Waals surface area contributed by atoms with E-state index in [0.29, 0.717) is 6.54 Å². The monoisotopic (exact) mass is 414 g/mol. The molecule has 1 saturated carbocycles. The van der Waals surface area contributed by atoms with Gasteiger partial charge in [-0.05, 0) is 49.7 Å². The first-order chi connectivity index (χ1) is 14.3. The van der Waals surface area contributed by atoms with Gasteiger partial charge >= 0.3 is 6.03 Å². The lowest BCUT2D eigenvalue weighted by Crippen LogP contribution is -2.46. The van der Waals surface area contributed by atoms with E-state index in [1.807, 2.05) is 24.3 Å². The summed E-state index contributed by atoms with van der Waals surface area (Å²) in [5, 5.41) is 15.1. The van der Waals surface area contributed by atoms with Gasteiger partial charge in [0.25, 0.3) is 5.91 Å². The Morgan fingerprint density at radius 2 is 1.77 bits per heavy atom. The number of likely N-dealkylation sites (tertiary alicyclic amines) is 1. The van der Waals surface area contributed by atoms with E-state index in [1.165, 1.54) is 5.56 Å². The molecule has 0 aromatic heterocycles. The summed E-state index contributed by atoms with van der Waals surface area (Å²) < 4.78 is 0. The molecule has 3 N–H and O–H groups in total. The van der Waals surface area contributed by atoms with E-state index < -0.39 is 11.6 Å². The molecule has 8 nitrogen and oxygen atoms in total. The van der Waals surface area contributed by atoms with E-state index in [0.717, 1.165) is 55.8 Å². The van der Waals surface area contributed by atoms with Gasteiger partial charge in [-0.3, -0.25) is 19.4 Å². The van der Waals surface area contributed by atoms with Gasteiger partial charge in [-0.25, -0.2) is 4.79 Å². The van der Waals surface area contributed by atoms with E-state index in [-0.39, 0.29) is 30.4 Å². The average Bonchev–Trinajstić information content (AvgIpc) is 3.55. The van der Waals surface area contributed by atoms with Crippen LogP contribution in [0.25, 0.3) is 0 Å². The summed E-state index contributed by atoms with van der Waals surface area (Å²) in [4.78, 5) is 40.4. The molecule has 1 aromatic rings. The molecule has 3 fully saturated rings. The minimum absolute atomic E-state index is 0.170. The van der Waals surface area contributed by atoms with Crippen LogP contribution in [-0.4, -0.2) is 64.0 Å². The van der Waals surface area contributed by atoms with Gasteiger partial charge in [0.2, 0.25) is 5.91 Å². The van der Waals surface area contributed by atoms with Crippen LogP contribution < -0.4 is 10.6 Å². The SMILES string of the molecule is CC1(C2CC2)NC(=O)N(CC(=O)NCc2ccc(CN3CCC(O)CC3)cc2)C1=O. The number of nitrogens with one attached hydrogen (secondary N) is 2. The van der Waals surface area contributed by atoms with Crippen molar-refractivity contribution in [3.05, 3.63) is 35.4 Å². The second-order valence-electron chi connectivity index (χ2n) is 8.90. The number of hydrogen-bond donors (Lipinski definition) is 3. The predicted octanol–water partition coefficient (Wildman–Crippen LogP) is 0.980. The van der Waals surface area contributed by atoms with Crippen molar-refractivity contribution in [2.24, 2.45) is 5.92 Å². The van der Waals surface area contributed by atoms with Gasteiger partial charge < -0.3 is 15.7 Å². The van der Waals surface area contributed by atoms with Crippen molar-refractivity contribution in [1.82, 2.24) is 20.4 Å². The van der Waals surface area contributed by atoms with E-state index in [2.05, 4.69) is 15.5 Å². The summed E-state index contributed by atoms with van der Waals surface area (Å²) in [5.41, 5.74) is 1.29. The highest BCUT2D eigenvalue weighted by molar-refractivity contribution is 6.09. The van der Waals surface area contributed by atoms with E-state index in [9.17, 15) is 19.5 Å². The Morgan fingerprint density at radius 1 is 1.13 bits per heavy atom. The number of imide groups is 1. The van der Waals surface area contributed by atoms with Crippen LogP contribution in [0, 0.1) is 5.92 Å². The van der Waals surface area contributed by atoms with Crippen molar-refractivity contribution in [2.45, 2.75) is 57.3 Å². The molecular weight excluding hydrogens is 384 g/mol. The molecule has 2 saturated heterocycles. The largest absolute Gasteiger partial charge is 0.393 e. The molecular formula is C22H30N4O4. The normalized spacial score (nSPS) is 25.5. The summed E-state index contributed by atoms with van der Waals surface area (Å²) in [7, 11) is 0. The Morgan fingerprint density at radius 3 is 2.40 bits per heavy atom. The molecule has 1 unspecified atom stereocenters. The number of aliphatic hydroxyl groups excluding tert-OH is 1. The second-order valence-corrected chi connectivity index (χ2v) is 8.90. The maximum Gasteiger partial charge on any atom is 0.325 e. The van der Waals surface area contributed by atoms with Crippen LogP contribution in [0.1, 0.15) is 43.7 Å². The Labute approximate surface area is 176 Å². The Hall–Kier alpha value is -2.45. The molecule has 4 amide bonds. The zero-order valence-corrected chi connectivity index (χ0v) is 17.4. The lowest BCUT2D eigenvalue weighted by molar-refractivity contribution is -0.135. The zero-order chi connectivity index (χ0) is 21.3. The van der Waals surface area contributed by atoms with Crippen molar-refractivity contribution in [1.29, 1.82) is 0 Å². The summed E-state index contributed by atoms with van der Waals surface area (Å²) in [6, 6.07) is 7.56. The number of urea groups is 1. The molecule has 2 heterocycles. The van der Waals surface area contributed by atoms with Crippen molar-refractivity contribution in [3.63, 3.8) is 0 Å². The molecule has 30 heavy (non-hydrogen) atoms. The number of carbonyl (C=O) groups is 3. The minimum atomic E-state index is -0.861. The van der Waals surface area contributed by atoms with Crippen LogP contribution in [0.4, 0.5) is 4.79 Å².